The molecule has 0 atom stereocenters. The lowest BCUT2D eigenvalue weighted by molar-refractivity contribution is -0.126. The second-order valence-electron chi connectivity index (χ2n) is 7.57. The minimum absolute atomic E-state index is 0.0194. The molecule has 1 aromatic heterocycles. The van der Waals surface area contributed by atoms with E-state index in [0.29, 0.717) is 18.0 Å². The van der Waals surface area contributed by atoms with Crippen molar-refractivity contribution in [1.82, 2.24) is 20.3 Å². The third-order valence-corrected chi connectivity index (χ3v) is 5.15. The van der Waals surface area contributed by atoms with Crippen LogP contribution in [0.15, 0.2) is 34.9 Å². The van der Waals surface area contributed by atoms with Gasteiger partial charge in [0.1, 0.15) is 18.1 Å². The van der Waals surface area contributed by atoms with E-state index in [1.54, 1.807) is 18.2 Å². The Morgan fingerprint density at radius 3 is 2.57 bits per heavy atom. The number of hydrogen-bond donors (Lipinski definition) is 1. The summed E-state index contributed by atoms with van der Waals surface area (Å²) in [4.78, 5) is 16.9. The molecule has 1 aliphatic rings. The molecule has 0 spiro atoms. The van der Waals surface area contributed by atoms with Gasteiger partial charge in [0, 0.05) is 44.4 Å². The summed E-state index contributed by atoms with van der Waals surface area (Å²) in [5.74, 6) is 0.0981. The summed E-state index contributed by atoms with van der Waals surface area (Å²) in [6.45, 7) is 9.71. The Bertz CT molecular complexity index is 773. The highest BCUT2D eigenvalue weighted by Gasteiger charge is 2.15. The fourth-order valence-electron chi connectivity index (χ4n) is 3.51. The molecule has 1 aromatic carbocycles. The van der Waals surface area contributed by atoms with Crippen LogP contribution < -0.4 is 5.32 Å². The first kappa shape index (κ1) is 22.4. The summed E-state index contributed by atoms with van der Waals surface area (Å²) in [6.07, 6.45) is 2.14. The number of amides is 1. The lowest BCUT2D eigenvalue weighted by Crippen LogP contribution is -2.47. The van der Waals surface area contributed by atoms with Gasteiger partial charge in [-0.1, -0.05) is 12.1 Å². The van der Waals surface area contributed by atoms with Crippen molar-refractivity contribution in [3.63, 3.8) is 0 Å². The normalized spacial score (nSPS) is 15.4. The molecule has 1 fully saturated rings. The van der Waals surface area contributed by atoms with Gasteiger partial charge in [-0.2, -0.15) is 0 Å². The number of nitrogens with one attached hydrogen (secondary N) is 1. The first-order valence-electron chi connectivity index (χ1n) is 10.6. The minimum Gasteiger partial charge on any atom is -0.365 e. The van der Waals surface area contributed by atoms with Gasteiger partial charge in [-0.3, -0.25) is 4.79 Å². The van der Waals surface area contributed by atoms with Crippen molar-refractivity contribution in [1.29, 1.82) is 0 Å². The van der Waals surface area contributed by atoms with Gasteiger partial charge in [0.2, 0.25) is 5.91 Å². The summed E-state index contributed by atoms with van der Waals surface area (Å²) >= 11 is 0. The Balaban J connectivity index is 1.25. The van der Waals surface area contributed by atoms with E-state index in [-0.39, 0.29) is 24.9 Å². The van der Waals surface area contributed by atoms with Crippen molar-refractivity contribution in [3.8, 4) is 11.3 Å². The molecule has 0 aliphatic carbocycles. The first-order valence-corrected chi connectivity index (χ1v) is 10.6. The lowest BCUT2D eigenvalue weighted by Gasteiger charge is -2.34. The van der Waals surface area contributed by atoms with Gasteiger partial charge in [-0.05, 0) is 50.2 Å². The molecule has 0 unspecified atom stereocenters. The average Bonchev–Trinajstić information content (AvgIpc) is 3.22. The molecular formula is C22H31FN4O3. The van der Waals surface area contributed by atoms with Crippen molar-refractivity contribution in [2.75, 3.05) is 52.4 Å². The summed E-state index contributed by atoms with van der Waals surface area (Å²) in [5, 5.41) is 6.82. The van der Waals surface area contributed by atoms with Crippen LogP contribution in [0.4, 0.5) is 4.39 Å². The van der Waals surface area contributed by atoms with Crippen LogP contribution in [0, 0.1) is 5.82 Å². The molecule has 2 heterocycles. The van der Waals surface area contributed by atoms with Crippen molar-refractivity contribution in [3.05, 3.63) is 41.8 Å². The molecule has 1 amide bonds. The number of benzene rings is 1. The molecule has 164 valence electrons. The van der Waals surface area contributed by atoms with Crippen LogP contribution in [-0.2, 0) is 16.1 Å². The molecule has 1 aliphatic heterocycles. The molecule has 0 bridgehead atoms. The van der Waals surface area contributed by atoms with Gasteiger partial charge in [-0.25, -0.2) is 4.39 Å². The number of piperazine rings is 1. The average molecular weight is 419 g/mol. The summed E-state index contributed by atoms with van der Waals surface area (Å²) < 4.78 is 23.7. The summed E-state index contributed by atoms with van der Waals surface area (Å²) in [5.41, 5.74) is 1.32. The Morgan fingerprint density at radius 1 is 1.17 bits per heavy atom. The highest BCUT2D eigenvalue weighted by Crippen LogP contribution is 2.20. The lowest BCUT2D eigenvalue weighted by atomic mass is 10.1. The Labute approximate surface area is 177 Å². The van der Waals surface area contributed by atoms with E-state index in [4.69, 9.17) is 9.26 Å². The van der Waals surface area contributed by atoms with Crippen molar-refractivity contribution < 1.29 is 18.4 Å². The smallest absolute Gasteiger partial charge is 0.246 e. The van der Waals surface area contributed by atoms with Gasteiger partial charge in [0.25, 0.3) is 0 Å². The highest BCUT2D eigenvalue weighted by atomic mass is 19.1. The maximum Gasteiger partial charge on any atom is 0.246 e. The van der Waals surface area contributed by atoms with E-state index >= 15 is 0 Å². The molecule has 7 nitrogen and oxygen atoms in total. The third kappa shape index (κ3) is 7.19. The maximum atomic E-state index is 13.0. The number of carbonyl (C=O) groups excluding carboxylic acids is 1. The molecule has 0 saturated carbocycles. The van der Waals surface area contributed by atoms with Crippen LogP contribution in [-0.4, -0.2) is 73.3 Å². The monoisotopic (exact) mass is 418 g/mol. The number of carbonyl (C=O) groups is 1. The number of halogens is 1. The zero-order valence-corrected chi connectivity index (χ0v) is 17.6. The zero-order valence-electron chi connectivity index (χ0n) is 17.6. The van der Waals surface area contributed by atoms with Crippen LogP contribution in [0.25, 0.3) is 11.3 Å². The Hall–Kier alpha value is -2.29. The van der Waals surface area contributed by atoms with E-state index in [1.165, 1.54) is 25.1 Å². The van der Waals surface area contributed by atoms with Gasteiger partial charge < -0.3 is 24.4 Å². The van der Waals surface area contributed by atoms with Crippen molar-refractivity contribution >= 4 is 5.91 Å². The number of aromatic nitrogens is 1. The number of nitrogens with zero attached hydrogens (tertiary/aromatic N) is 3. The number of ether oxygens (including phenoxy) is 1. The van der Waals surface area contributed by atoms with Gasteiger partial charge in [-0.15, -0.1) is 0 Å². The predicted molar refractivity (Wildman–Crippen MR) is 112 cm³/mol. The summed E-state index contributed by atoms with van der Waals surface area (Å²) in [7, 11) is 0. The molecule has 2 aromatic rings. The van der Waals surface area contributed by atoms with Gasteiger partial charge >= 0.3 is 0 Å². The Kier molecular flexibility index (Phi) is 8.80. The van der Waals surface area contributed by atoms with Gasteiger partial charge in [0.05, 0.1) is 6.61 Å². The molecular weight excluding hydrogens is 387 g/mol. The van der Waals surface area contributed by atoms with Crippen molar-refractivity contribution in [2.24, 2.45) is 0 Å². The van der Waals surface area contributed by atoms with E-state index < -0.39 is 0 Å². The van der Waals surface area contributed by atoms with Crippen LogP contribution in [0.2, 0.25) is 0 Å². The second-order valence-corrected chi connectivity index (χ2v) is 7.57. The van der Waals surface area contributed by atoms with Crippen LogP contribution in [0.3, 0.4) is 0 Å². The fourth-order valence-corrected chi connectivity index (χ4v) is 3.51. The van der Waals surface area contributed by atoms with Crippen molar-refractivity contribution in [2.45, 2.75) is 26.4 Å². The minimum atomic E-state index is -0.303. The summed E-state index contributed by atoms with van der Waals surface area (Å²) in [6, 6.07) is 7.71. The van der Waals surface area contributed by atoms with E-state index in [0.717, 1.165) is 44.7 Å². The van der Waals surface area contributed by atoms with Crippen LogP contribution in [0.1, 0.15) is 25.5 Å². The third-order valence-electron chi connectivity index (χ3n) is 5.15. The van der Waals surface area contributed by atoms with Crippen LogP contribution >= 0.6 is 0 Å². The SMILES string of the molecule is CCCN1CCN(CCCNC(=O)COCc2cc(-c3ccc(F)cc3)on2)CC1. The van der Waals surface area contributed by atoms with E-state index in [9.17, 15) is 9.18 Å². The first-order chi connectivity index (χ1) is 14.6. The fraction of sp³-hybridized carbons (Fsp3) is 0.545. The molecule has 1 N–H and O–H groups in total. The standard InChI is InChI=1S/C22H31FN4O3/c1-2-9-26-11-13-27(14-12-26)10-3-8-24-22(28)17-29-16-20-15-21(30-25-20)18-4-6-19(23)7-5-18/h4-7,15H,2-3,8-14,16-17H2,1H3,(H,24,28). The Morgan fingerprint density at radius 2 is 1.87 bits per heavy atom. The topological polar surface area (TPSA) is 70.8 Å². The number of hydrogen-bond acceptors (Lipinski definition) is 6. The second kappa shape index (κ2) is 11.8. The predicted octanol–water partition coefficient (Wildman–Crippen LogP) is 2.53. The molecule has 8 heteroatoms. The zero-order chi connectivity index (χ0) is 21.2. The van der Waals surface area contributed by atoms with E-state index in [1.807, 2.05) is 0 Å². The van der Waals surface area contributed by atoms with Gasteiger partial charge in [0.15, 0.2) is 5.76 Å². The highest BCUT2D eigenvalue weighted by molar-refractivity contribution is 5.77. The molecule has 3 rings (SSSR count). The maximum absolute atomic E-state index is 13.0. The quantitative estimate of drug-likeness (QED) is 0.566. The molecule has 30 heavy (non-hydrogen) atoms. The molecule has 1 saturated heterocycles. The number of rotatable bonds is 11. The molecule has 0 radical (unpaired) electrons. The largest absolute Gasteiger partial charge is 0.365 e. The van der Waals surface area contributed by atoms with Crippen LogP contribution in [0.5, 0.6) is 0 Å². The van der Waals surface area contributed by atoms with E-state index in [2.05, 4.69) is 27.2 Å².